The van der Waals surface area contributed by atoms with Gasteiger partial charge >= 0.3 is 26.2 Å². The van der Waals surface area contributed by atoms with Gasteiger partial charge in [0.05, 0.1) is 20.6 Å². The number of furan rings is 1. The Kier molecular flexibility index (Phi) is 9.72. The smallest absolute Gasteiger partial charge is 1.00 e. The monoisotopic (exact) mass is 623 g/mol. The van der Waals surface area contributed by atoms with Crippen LogP contribution in [0.15, 0.2) is 77.1 Å². The van der Waals surface area contributed by atoms with Gasteiger partial charge in [-0.2, -0.15) is 6.07 Å². The molecule has 191 valence electrons. The van der Waals surface area contributed by atoms with E-state index in [-0.39, 0.29) is 51.0 Å². The van der Waals surface area contributed by atoms with Crippen molar-refractivity contribution in [2.75, 3.05) is 0 Å². The zero-order valence-corrected chi connectivity index (χ0v) is 27.2. The van der Waals surface area contributed by atoms with Crippen molar-refractivity contribution < 1.29 is 55.4 Å². The van der Waals surface area contributed by atoms with Crippen LogP contribution in [0.1, 0.15) is 72.7 Å². The summed E-state index contributed by atoms with van der Waals surface area (Å²) >= 11 is 0. The predicted octanol–water partition coefficient (Wildman–Crippen LogP) is 3.54. The van der Waals surface area contributed by atoms with Crippen molar-refractivity contribution in [3.05, 3.63) is 95.0 Å². The molecule has 3 heterocycles. The quantitative estimate of drug-likeness (QED) is 0.246. The summed E-state index contributed by atoms with van der Waals surface area (Å²) in [5.41, 5.74) is 10.9. The van der Waals surface area contributed by atoms with Gasteiger partial charge in [-0.15, -0.1) is 34.5 Å². The Morgan fingerprint density at radius 1 is 0.865 bits per heavy atom. The summed E-state index contributed by atoms with van der Waals surface area (Å²) in [5.74, 6) is 0.791. The van der Waals surface area contributed by atoms with Gasteiger partial charge in [-0.1, -0.05) is 80.7 Å². The van der Waals surface area contributed by atoms with Gasteiger partial charge in [-0.25, -0.2) is 0 Å². The maximum atomic E-state index is 5.22. The van der Waals surface area contributed by atoms with Crippen molar-refractivity contribution in [1.82, 2.24) is 0 Å². The van der Waals surface area contributed by atoms with E-state index in [1.54, 1.807) is 10.8 Å². The fourth-order valence-electron chi connectivity index (χ4n) is 7.18. The number of hydrogen-bond acceptors (Lipinski definition) is 1. The SMILES string of the molecule is CC1=C2c3cocc3C1[Si]2(C)C.Cc1cc2c(-c3ccc(C4CCCCC4)cc3)cccc2[cH-]1.[Cl-].[Cl-].[Zr+3]. The molecule has 0 N–H and O–H groups in total. The van der Waals surface area contributed by atoms with Crippen LogP contribution in [0.25, 0.3) is 27.1 Å². The van der Waals surface area contributed by atoms with E-state index in [1.807, 2.05) is 12.5 Å². The average molecular weight is 626 g/mol. The molecule has 0 saturated heterocycles. The van der Waals surface area contributed by atoms with Crippen LogP contribution >= 0.6 is 0 Å². The van der Waals surface area contributed by atoms with Gasteiger partial charge in [0.25, 0.3) is 0 Å². The first-order chi connectivity index (χ1) is 16.4. The van der Waals surface area contributed by atoms with Crippen LogP contribution in [0, 0.1) is 6.92 Å². The molecule has 1 unspecified atom stereocenters. The molecular formula is C32H35Cl2OSiZr. The van der Waals surface area contributed by atoms with Crippen molar-refractivity contribution >= 4 is 24.0 Å². The van der Waals surface area contributed by atoms with E-state index in [0.717, 1.165) is 11.5 Å². The standard InChI is InChI=1S/C22H23.C10H12OSi.2ClH.Zr/c1-16-14-20-8-5-9-21(22(20)15-16)19-12-10-18(11-13-19)17-6-3-2-4-7-17;1-6-9-7-4-11-5-8(7)10(6)12(9,2)3;;;/h5,8-15,17H,2-4,6-7H2,1H3;4-5,9H,1-3H3;2*1H;/q-1;;;;+3/p-2. The molecule has 3 aromatic carbocycles. The molecule has 5 heteroatoms. The third-order valence-corrected chi connectivity index (χ3v) is 12.8. The molecule has 2 aliphatic heterocycles. The molecule has 1 saturated carbocycles. The first-order valence-electron chi connectivity index (χ1n) is 13.0. The fraction of sp³-hybridized carbons (Fsp3) is 0.344. The number of rotatable bonds is 2. The van der Waals surface area contributed by atoms with Crippen molar-refractivity contribution in [2.24, 2.45) is 0 Å². The van der Waals surface area contributed by atoms with E-state index < -0.39 is 8.07 Å². The van der Waals surface area contributed by atoms with Gasteiger partial charge in [-0.3, -0.25) is 0 Å². The Bertz CT molecular complexity index is 1390. The van der Waals surface area contributed by atoms with Crippen molar-refractivity contribution in [1.29, 1.82) is 0 Å². The number of benzene rings is 2. The van der Waals surface area contributed by atoms with Gasteiger partial charge in [0.2, 0.25) is 0 Å². The number of aryl methyl sites for hydroxylation is 1. The fourth-order valence-corrected chi connectivity index (χ4v) is 11.5. The molecule has 8 rings (SSSR count). The second kappa shape index (κ2) is 11.9. The number of allylic oxidation sites excluding steroid dienone is 1. The summed E-state index contributed by atoms with van der Waals surface area (Å²) in [6.45, 7) is 9.37. The average Bonchev–Trinajstić information content (AvgIpc) is 3.56. The molecule has 37 heavy (non-hydrogen) atoms. The topological polar surface area (TPSA) is 13.1 Å². The van der Waals surface area contributed by atoms with E-state index in [2.05, 4.69) is 81.5 Å². The number of fused-ring (bicyclic) bond motifs is 1. The van der Waals surface area contributed by atoms with Gasteiger partial charge < -0.3 is 29.2 Å². The first kappa shape index (κ1) is 30.3. The summed E-state index contributed by atoms with van der Waals surface area (Å²) in [6.07, 6.45) is 10.8. The first-order valence-corrected chi connectivity index (χ1v) is 16.1. The Morgan fingerprint density at radius 2 is 1.57 bits per heavy atom. The van der Waals surface area contributed by atoms with Crippen LogP contribution in [-0.4, -0.2) is 8.07 Å². The molecule has 0 amide bonds. The predicted molar refractivity (Wildman–Crippen MR) is 147 cm³/mol. The van der Waals surface area contributed by atoms with Crippen molar-refractivity contribution in [3.8, 4) is 11.1 Å². The molecule has 0 spiro atoms. The van der Waals surface area contributed by atoms with E-state index in [1.165, 1.54) is 76.3 Å². The summed E-state index contributed by atoms with van der Waals surface area (Å²) in [5, 5.41) is 4.40. The van der Waals surface area contributed by atoms with Gasteiger partial charge in [0.1, 0.15) is 0 Å². The zero-order valence-electron chi connectivity index (χ0n) is 22.2. The molecule has 1 aromatic heterocycles. The van der Waals surface area contributed by atoms with E-state index >= 15 is 0 Å². The Morgan fingerprint density at radius 3 is 2.22 bits per heavy atom. The van der Waals surface area contributed by atoms with Gasteiger partial charge in [-0.05, 0) is 42.0 Å². The number of halogens is 2. The Hall–Kier alpha value is -1.25. The van der Waals surface area contributed by atoms with Crippen molar-refractivity contribution in [3.63, 3.8) is 0 Å². The van der Waals surface area contributed by atoms with Crippen LogP contribution < -0.4 is 24.8 Å². The second-order valence-corrected chi connectivity index (χ2v) is 15.8. The summed E-state index contributed by atoms with van der Waals surface area (Å²) in [4.78, 5) is 0. The molecule has 1 fully saturated rings. The van der Waals surface area contributed by atoms with Crippen LogP contribution in [-0.2, 0) is 26.2 Å². The van der Waals surface area contributed by atoms with E-state index in [4.69, 9.17) is 4.42 Å². The van der Waals surface area contributed by atoms with Gasteiger partial charge in [0.15, 0.2) is 0 Å². The zero-order chi connectivity index (χ0) is 23.4. The Balaban J connectivity index is 0.000000217. The maximum Gasteiger partial charge on any atom is 3.00 e. The minimum atomic E-state index is -1.04. The van der Waals surface area contributed by atoms with Crippen molar-refractivity contribution in [2.45, 2.75) is 70.5 Å². The second-order valence-electron chi connectivity index (χ2n) is 11.3. The molecule has 1 nitrogen and oxygen atoms in total. The van der Waals surface area contributed by atoms with E-state index in [9.17, 15) is 0 Å². The maximum absolute atomic E-state index is 5.22. The molecule has 2 bridgehead atoms. The molecule has 4 aromatic rings. The molecule has 4 aliphatic rings. The largest absolute Gasteiger partial charge is 3.00 e. The third-order valence-electron chi connectivity index (χ3n) is 8.66. The molecule has 1 atom stereocenters. The Labute approximate surface area is 254 Å². The minimum absolute atomic E-state index is 0. The summed E-state index contributed by atoms with van der Waals surface area (Å²) in [7, 11) is -1.04. The summed E-state index contributed by atoms with van der Waals surface area (Å²) < 4.78 is 5.22. The normalized spacial score (nSPS) is 19.0. The van der Waals surface area contributed by atoms with Crippen LogP contribution in [0.3, 0.4) is 0 Å². The van der Waals surface area contributed by atoms with Crippen LogP contribution in [0.4, 0.5) is 0 Å². The van der Waals surface area contributed by atoms with E-state index in [0.29, 0.717) is 0 Å². The number of hydrogen-bond donors (Lipinski definition) is 0. The van der Waals surface area contributed by atoms with Crippen LogP contribution in [0.2, 0.25) is 13.1 Å². The van der Waals surface area contributed by atoms with Crippen LogP contribution in [0.5, 0.6) is 0 Å². The minimum Gasteiger partial charge on any atom is -1.00 e. The molecule has 1 radical (unpaired) electrons. The molecular weight excluding hydrogens is 591 g/mol. The van der Waals surface area contributed by atoms with Gasteiger partial charge in [0, 0.05) is 16.7 Å². The third kappa shape index (κ3) is 5.19. The summed E-state index contributed by atoms with van der Waals surface area (Å²) in [6, 6.07) is 20.6. The molecule has 2 aliphatic carbocycles.